The molecule has 0 saturated carbocycles. The molecule has 0 saturated heterocycles. The van der Waals surface area contributed by atoms with Gasteiger partial charge in [-0.3, -0.25) is 19.4 Å². The van der Waals surface area contributed by atoms with Crippen molar-refractivity contribution in [2.75, 3.05) is 13.7 Å². The number of ether oxygens (including phenoxy) is 1. The lowest BCUT2D eigenvalue weighted by Gasteiger charge is -2.29. The summed E-state index contributed by atoms with van der Waals surface area (Å²) < 4.78 is 20.6. The first-order chi connectivity index (χ1) is 11.4. The van der Waals surface area contributed by atoms with Gasteiger partial charge in [0.25, 0.3) is 0 Å². The average Bonchev–Trinajstić information content (AvgIpc) is 2.40. The number of methoxy groups -OCH3 is 1. The van der Waals surface area contributed by atoms with Crippen molar-refractivity contribution in [1.82, 2.24) is 5.32 Å². The summed E-state index contributed by atoms with van der Waals surface area (Å²) in [6, 6.07) is 3.37. The number of amides is 1. The predicted molar refractivity (Wildman–Crippen MR) is 91.3 cm³/mol. The van der Waals surface area contributed by atoms with E-state index in [-0.39, 0.29) is 18.7 Å². The van der Waals surface area contributed by atoms with Crippen LogP contribution in [0.2, 0.25) is 0 Å². The summed E-state index contributed by atoms with van der Waals surface area (Å²) in [5, 5.41) is 2.45. The van der Waals surface area contributed by atoms with E-state index in [2.05, 4.69) is 10.1 Å². The van der Waals surface area contributed by atoms with Crippen LogP contribution in [0.3, 0.4) is 0 Å². The molecule has 1 aromatic carbocycles. The highest BCUT2D eigenvalue weighted by Gasteiger charge is 2.32. The fourth-order valence-corrected chi connectivity index (χ4v) is 3.19. The lowest BCUT2D eigenvalue weighted by atomic mass is 9.78. The Kier molecular flexibility index (Phi) is 6.76. The van der Waals surface area contributed by atoms with Gasteiger partial charge in [-0.05, 0) is 31.0 Å². The Labute approximate surface area is 146 Å². The van der Waals surface area contributed by atoms with Crippen molar-refractivity contribution in [2.24, 2.45) is 0 Å². The zero-order valence-corrected chi connectivity index (χ0v) is 15.8. The molecule has 0 bridgehead atoms. The number of esters is 1. The quantitative estimate of drug-likeness (QED) is 0.491. The van der Waals surface area contributed by atoms with Crippen molar-refractivity contribution < 1.29 is 33.2 Å². The molecule has 0 aliphatic heterocycles. The molecular formula is C16H24NO7P. The monoisotopic (exact) mass is 373 g/mol. The fraction of sp³-hybridized carbons (Fsp3) is 0.500. The van der Waals surface area contributed by atoms with Crippen LogP contribution in [-0.4, -0.2) is 35.3 Å². The van der Waals surface area contributed by atoms with E-state index in [9.17, 15) is 14.2 Å². The molecule has 0 aromatic heterocycles. The zero-order valence-electron chi connectivity index (χ0n) is 15.0. The summed E-state index contributed by atoms with van der Waals surface area (Å²) in [5.74, 6) is -0.919. The van der Waals surface area contributed by atoms with Gasteiger partial charge in [0, 0.05) is 17.4 Å². The summed E-state index contributed by atoms with van der Waals surface area (Å²) in [4.78, 5) is 41.5. The van der Waals surface area contributed by atoms with E-state index in [1.165, 1.54) is 13.2 Å². The predicted octanol–water partition coefficient (Wildman–Crippen LogP) is 1.73. The lowest BCUT2D eigenvalue weighted by molar-refractivity contribution is -0.141. The van der Waals surface area contributed by atoms with E-state index in [1.54, 1.807) is 27.7 Å². The summed E-state index contributed by atoms with van der Waals surface area (Å²) in [5.41, 5.74) is 1.25. The highest BCUT2D eigenvalue weighted by molar-refractivity contribution is 7.46. The summed E-state index contributed by atoms with van der Waals surface area (Å²) in [7, 11) is -3.53. The third kappa shape index (κ3) is 6.49. The van der Waals surface area contributed by atoms with E-state index in [0.717, 1.165) is 11.1 Å². The lowest BCUT2D eigenvalue weighted by Crippen LogP contribution is -2.35. The van der Waals surface area contributed by atoms with Crippen LogP contribution in [0.25, 0.3) is 0 Å². The number of aryl methyl sites for hydroxylation is 2. The normalized spacial score (nSPS) is 11.8. The number of phosphoric acid groups is 1. The number of hydrogen-bond donors (Lipinski definition) is 3. The summed E-state index contributed by atoms with van der Waals surface area (Å²) in [6.45, 7) is 6.83. The third-order valence-electron chi connectivity index (χ3n) is 3.60. The highest BCUT2D eigenvalue weighted by Crippen LogP contribution is 2.45. The Morgan fingerprint density at radius 1 is 1.24 bits per heavy atom. The average molecular weight is 373 g/mol. The maximum absolute atomic E-state index is 12.1. The first kappa shape index (κ1) is 21.2. The Hall–Kier alpha value is -1.89. The second-order valence-electron chi connectivity index (χ2n) is 6.45. The maximum Gasteiger partial charge on any atom is 0.524 e. The standard InChI is InChI=1S/C16H24NO7P/c1-10-6-11(2)15(12(7-10)24-25(20,21)22)16(3,4)8-13(18)17-9-14(19)23-5/h6-7H,8-9H2,1-5H3,(H,17,18)(H2,20,21,22). The van der Waals surface area contributed by atoms with Crippen LogP contribution >= 0.6 is 7.82 Å². The molecular weight excluding hydrogens is 349 g/mol. The molecule has 3 N–H and O–H groups in total. The number of phosphoric ester groups is 1. The van der Waals surface area contributed by atoms with Crippen molar-refractivity contribution in [3.05, 3.63) is 28.8 Å². The van der Waals surface area contributed by atoms with Gasteiger partial charge >= 0.3 is 13.8 Å². The van der Waals surface area contributed by atoms with Crippen LogP contribution in [0.15, 0.2) is 12.1 Å². The molecule has 1 rings (SSSR count). The fourth-order valence-electron chi connectivity index (χ4n) is 2.79. The van der Waals surface area contributed by atoms with E-state index in [0.29, 0.717) is 5.56 Å². The molecule has 0 atom stereocenters. The Morgan fingerprint density at radius 3 is 2.36 bits per heavy atom. The van der Waals surface area contributed by atoms with Gasteiger partial charge in [-0.2, -0.15) is 0 Å². The molecule has 0 unspecified atom stereocenters. The van der Waals surface area contributed by atoms with Gasteiger partial charge < -0.3 is 14.6 Å². The van der Waals surface area contributed by atoms with Crippen molar-refractivity contribution >= 4 is 19.7 Å². The number of benzene rings is 1. The molecule has 0 heterocycles. The smallest absolute Gasteiger partial charge is 0.468 e. The van der Waals surface area contributed by atoms with Gasteiger partial charge in [-0.25, -0.2) is 4.57 Å². The van der Waals surface area contributed by atoms with Gasteiger partial charge in [0.2, 0.25) is 5.91 Å². The molecule has 0 spiro atoms. The number of hydrogen-bond acceptors (Lipinski definition) is 5. The van der Waals surface area contributed by atoms with Crippen LogP contribution in [0, 0.1) is 13.8 Å². The third-order valence-corrected chi connectivity index (χ3v) is 4.03. The topological polar surface area (TPSA) is 122 Å². The highest BCUT2D eigenvalue weighted by atomic mass is 31.2. The van der Waals surface area contributed by atoms with Crippen molar-refractivity contribution in [3.63, 3.8) is 0 Å². The molecule has 0 aliphatic carbocycles. The van der Waals surface area contributed by atoms with E-state index < -0.39 is 25.1 Å². The molecule has 25 heavy (non-hydrogen) atoms. The summed E-state index contributed by atoms with van der Waals surface area (Å²) in [6.07, 6.45) is -0.00852. The molecule has 1 aromatic rings. The molecule has 1 amide bonds. The van der Waals surface area contributed by atoms with E-state index in [1.807, 2.05) is 6.07 Å². The van der Waals surface area contributed by atoms with Crippen molar-refractivity contribution in [3.8, 4) is 5.75 Å². The molecule has 9 heteroatoms. The Morgan fingerprint density at radius 2 is 1.84 bits per heavy atom. The number of nitrogens with one attached hydrogen (secondary N) is 1. The first-order valence-corrected chi connectivity index (χ1v) is 9.09. The van der Waals surface area contributed by atoms with Gasteiger partial charge in [0.15, 0.2) is 0 Å². The van der Waals surface area contributed by atoms with Crippen molar-refractivity contribution in [2.45, 2.75) is 39.5 Å². The molecule has 0 aliphatic rings. The minimum absolute atomic E-state index is 0.00852. The minimum atomic E-state index is -4.75. The van der Waals surface area contributed by atoms with Crippen molar-refractivity contribution in [1.29, 1.82) is 0 Å². The number of rotatable bonds is 7. The molecule has 0 fully saturated rings. The van der Waals surface area contributed by atoms with E-state index >= 15 is 0 Å². The van der Waals surface area contributed by atoms with Gasteiger partial charge in [-0.15, -0.1) is 0 Å². The van der Waals surface area contributed by atoms with Crippen LogP contribution in [0.5, 0.6) is 5.75 Å². The van der Waals surface area contributed by atoms with Crippen LogP contribution < -0.4 is 9.84 Å². The molecule has 140 valence electrons. The summed E-state index contributed by atoms with van der Waals surface area (Å²) >= 11 is 0. The van der Waals surface area contributed by atoms with Crippen LogP contribution in [0.1, 0.15) is 37.0 Å². The largest absolute Gasteiger partial charge is 0.524 e. The van der Waals surface area contributed by atoms with Gasteiger partial charge in [0.05, 0.1) is 7.11 Å². The molecule has 0 radical (unpaired) electrons. The van der Waals surface area contributed by atoms with Crippen LogP contribution in [0.4, 0.5) is 0 Å². The SMILES string of the molecule is COC(=O)CNC(=O)CC(C)(C)c1c(C)cc(C)cc1OP(=O)(O)O. The van der Waals surface area contributed by atoms with Gasteiger partial charge in [-0.1, -0.05) is 19.9 Å². The second kappa shape index (κ2) is 7.99. The maximum atomic E-state index is 12.1. The van der Waals surface area contributed by atoms with Crippen LogP contribution in [-0.2, 0) is 24.3 Å². The second-order valence-corrected chi connectivity index (χ2v) is 7.61. The van der Waals surface area contributed by atoms with Gasteiger partial charge in [0.1, 0.15) is 12.3 Å². The number of carbonyl (C=O) groups excluding carboxylic acids is 2. The minimum Gasteiger partial charge on any atom is -0.468 e. The number of carbonyl (C=O) groups is 2. The Balaban J connectivity index is 3.13. The van der Waals surface area contributed by atoms with E-state index in [4.69, 9.17) is 14.3 Å². The Bertz CT molecular complexity index is 709. The first-order valence-electron chi connectivity index (χ1n) is 7.56. The molecule has 8 nitrogen and oxygen atoms in total. The zero-order chi connectivity index (χ0) is 19.4.